The summed E-state index contributed by atoms with van der Waals surface area (Å²) in [5, 5.41) is 7.71. The molecule has 226 valence electrons. The van der Waals surface area contributed by atoms with Crippen LogP contribution in [0.4, 0.5) is 0 Å². The molecule has 43 heavy (non-hydrogen) atoms. The predicted molar refractivity (Wildman–Crippen MR) is 196 cm³/mol. The summed E-state index contributed by atoms with van der Waals surface area (Å²) in [6.07, 6.45) is 7.70. The van der Waals surface area contributed by atoms with Gasteiger partial charge in [-0.05, 0) is 93.4 Å². The van der Waals surface area contributed by atoms with Crippen LogP contribution < -0.4 is 15.9 Å². The highest BCUT2D eigenvalue weighted by molar-refractivity contribution is 7.95. The predicted octanol–water partition coefficient (Wildman–Crippen LogP) is 9.97. The molecule has 0 aliphatic rings. The SMILES string of the molecule is C/C(=C/C[C@H](O[Si](C)(C)C(C)(C)C)/C(C)=C/c1csc(C)n1)CC[P+](c1ccccc1)(c1ccccc1)c1ccccc1. The number of nitrogens with zero attached hydrogens (tertiary/aromatic N) is 1. The summed E-state index contributed by atoms with van der Waals surface area (Å²) in [7, 11) is -3.83. The van der Waals surface area contributed by atoms with Crippen LogP contribution >= 0.6 is 18.6 Å². The summed E-state index contributed by atoms with van der Waals surface area (Å²) >= 11 is 1.70. The second kappa shape index (κ2) is 14.4. The van der Waals surface area contributed by atoms with Gasteiger partial charge >= 0.3 is 0 Å². The summed E-state index contributed by atoms with van der Waals surface area (Å²) in [4.78, 5) is 4.70. The third kappa shape index (κ3) is 8.31. The quantitative estimate of drug-likeness (QED) is 0.0887. The van der Waals surface area contributed by atoms with E-state index < -0.39 is 15.6 Å². The van der Waals surface area contributed by atoms with Crippen molar-refractivity contribution in [2.24, 2.45) is 0 Å². The Morgan fingerprint density at radius 1 is 0.860 bits per heavy atom. The Morgan fingerprint density at radius 3 is 1.77 bits per heavy atom. The largest absolute Gasteiger partial charge is 0.410 e. The second-order valence-corrected chi connectivity index (χ2v) is 22.6. The van der Waals surface area contributed by atoms with E-state index in [4.69, 9.17) is 9.41 Å². The Balaban J connectivity index is 1.66. The normalized spacial score (nSPS) is 14.1. The first-order valence-electron chi connectivity index (χ1n) is 15.4. The van der Waals surface area contributed by atoms with Crippen molar-refractivity contribution in [3.8, 4) is 0 Å². The maximum atomic E-state index is 7.06. The molecule has 0 saturated carbocycles. The summed E-state index contributed by atoms with van der Waals surface area (Å²) in [5.74, 6) is 0. The molecule has 5 heteroatoms. The van der Waals surface area contributed by atoms with Gasteiger partial charge in [0.2, 0.25) is 0 Å². The monoisotopic (exact) mass is 626 g/mol. The lowest BCUT2D eigenvalue weighted by Crippen LogP contribution is -2.44. The van der Waals surface area contributed by atoms with Gasteiger partial charge in [-0.25, -0.2) is 4.98 Å². The topological polar surface area (TPSA) is 22.1 Å². The van der Waals surface area contributed by atoms with Crippen molar-refractivity contribution < 1.29 is 4.43 Å². The zero-order valence-corrected chi connectivity index (χ0v) is 30.0. The highest BCUT2D eigenvalue weighted by Gasteiger charge is 2.44. The van der Waals surface area contributed by atoms with Gasteiger partial charge in [0.15, 0.2) is 8.32 Å². The van der Waals surface area contributed by atoms with E-state index in [2.05, 4.69) is 163 Å². The minimum Gasteiger partial charge on any atom is -0.410 e. The molecule has 0 saturated heterocycles. The number of hydrogen-bond donors (Lipinski definition) is 0. The first kappa shape index (κ1) is 33.3. The Morgan fingerprint density at radius 2 is 1.35 bits per heavy atom. The first-order valence-corrected chi connectivity index (χ1v) is 21.2. The van der Waals surface area contributed by atoms with E-state index in [-0.39, 0.29) is 11.1 Å². The average molecular weight is 627 g/mol. The summed E-state index contributed by atoms with van der Waals surface area (Å²) in [6.45, 7) is 18.3. The van der Waals surface area contributed by atoms with Crippen molar-refractivity contribution >= 4 is 48.9 Å². The molecule has 0 amide bonds. The van der Waals surface area contributed by atoms with Gasteiger partial charge in [0.05, 0.1) is 23.0 Å². The molecular weight excluding hydrogens is 578 g/mol. The van der Waals surface area contributed by atoms with Gasteiger partial charge in [-0.15, -0.1) is 11.3 Å². The fourth-order valence-corrected chi connectivity index (χ4v) is 11.6. The van der Waals surface area contributed by atoms with E-state index in [1.807, 2.05) is 0 Å². The van der Waals surface area contributed by atoms with E-state index in [1.165, 1.54) is 27.1 Å². The molecule has 0 aliphatic heterocycles. The lowest BCUT2D eigenvalue weighted by atomic mass is 10.1. The van der Waals surface area contributed by atoms with Crippen molar-refractivity contribution in [3.63, 3.8) is 0 Å². The van der Waals surface area contributed by atoms with Gasteiger partial charge < -0.3 is 4.43 Å². The molecule has 0 bridgehead atoms. The third-order valence-corrected chi connectivity index (χ3v) is 18.6. The van der Waals surface area contributed by atoms with Gasteiger partial charge in [0, 0.05) is 11.8 Å². The van der Waals surface area contributed by atoms with E-state index in [0.29, 0.717) is 0 Å². The fourth-order valence-electron chi connectivity index (χ4n) is 5.27. The molecule has 0 fully saturated rings. The molecule has 0 N–H and O–H groups in total. The van der Waals surface area contributed by atoms with Gasteiger partial charge in [0.25, 0.3) is 0 Å². The lowest BCUT2D eigenvalue weighted by Gasteiger charge is -2.39. The summed E-state index contributed by atoms with van der Waals surface area (Å²) in [6, 6.07) is 33.6. The van der Waals surface area contributed by atoms with Gasteiger partial charge in [-0.1, -0.05) is 87.0 Å². The van der Waals surface area contributed by atoms with Crippen LogP contribution in [0.25, 0.3) is 6.08 Å². The van der Waals surface area contributed by atoms with E-state index in [0.717, 1.165) is 29.7 Å². The Hall–Kier alpha value is -2.62. The standard InChI is InChI=1S/C38H49NOPSSi/c1-30(24-25-37(40-43(7,8)38(4,5)6)31(2)28-33-29-42-32(3)39-33)26-27-41(34-18-12-9-13-19-34,35-20-14-10-15-21-35)36-22-16-11-17-23-36/h9-24,28-29,37H,25-27H2,1-8H3/q+1/b30-24-,31-28+/t37-/m0/s1. The Kier molecular flexibility index (Phi) is 11.2. The maximum absolute atomic E-state index is 7.06. The number of benzene rings is 3. The molecule has 0 radical (unpaired) electrons. The minimum absolute atomic E-state index is 0.0368. The van der Waals surface area contributed by atoms with Crippen LogP contribution in [0, 0.1) is 6.92 Å². The van der Waals surface area contributed by atoms with Crippen molar-refractivity contribution in [3.05, 3.63) is 124 Å². The molecule has 2 nitrogen and oxygen atoms in total. The second-order valence-electron chi connectivity index (χ2n) is 13.1. The number of hydrogen-bond acceptors (Lipinski definition) is 3. The van der Waals surface area contributed by atoms with Crippen LogP contribution in [0.5, 0.6) is 0 Å². The first-order chi connectivity index (χ1) is 20.4. The molecule has 0 spiro atoms. The van der Waals surface area contributed by atoms with E-state index >= 15 is 0 Å². The van der Waals surface area contributed by atoms with Crippen molar-refractivity contribution in [1.82, 2.24) is 4.98 Å². The van der Waals surface area contributed by atoms with Crippen molar-refractivity contribution in [2.75, 3.05) is 6.16 Å². The summed E-state index contributed by atoms with van der Waals surface area (Å²) in [5.41, 5.74) is 3.71. The third-order valence-electron chi connectivity index (χ3n) is 8.88. The molecule has 4 aromatic rings. The maximum Gasteiger partial charge on any atom is 0.192 e. The summed E-state index contributed by atoms with van der Waals surface area (Å²) < 4.78 is 7.06. The van der Waals surface area contributed by atoms with Crippen molar-refractivity contribution in [2.45, 2.75) is 78.6 Å². The van der Waals surface area contributed by atoms with Crippen LogP contribution in [0.2, 0.25) is 18.1 Å². The van der Waals surface area contributed by atoms with Gasteiger partial charge in [-0.2, -0.15) is 0 Å². The van der Waals surface area contributed by atoms with Gasteiger partial charge in [0.1, 0.15) is 23.2 Å². The zero-order valence-electron chi connectivity index (χ0n) is 27.3. The lowest BCUT2D eigenvalue weighted by molar-refractivity contribution is 0.217. The smallest absolute Gasteiger partial charge is 0.192 e. The van der Waals surface area contributed by atoms with Crippen LogP contribution in [0.15, 0.2) is 114 Å². The van der Waals surface area contributed by atoms with Crippen LogP contribution in [-0.2, 0) is 4.43 Å². The molecule has 3 aromatic carbocycles. The zero-order chi connectivity index (χ0) is 31.1. The highest BCUT2D eigenvalue weighted by Crippen LogP contribution is 2.56. The number of thiazole rings is 1. The number of aryl methyl sites for hydroxylation is 1. The van der Waals surface area contributed by atoms with Crippen LogP contribution in [-0.4, -0.2) is 25.6 Å². The molecule has 1 atom stereocenters. The highest BCUT2D eigenvalue weighted by atomic mass is 32.1. The number of allylic oxidation sites excluding steroid dienone is 1. The van der Waals surface area contributed by atoms with E-state index in [9.17, 15) is 0 Å². The van der Waals surface area contributed by atoms with Crippen LogP contribution in [0.1, 0.15) is 58.2 Å². The van der Waals surface area contributed by atoms with E-state index in [1.54, 1.807) is 11.3 Å². The van der Waals surface area contributed by atoms with Gasteiger partial charge in [-0.3, -0.25) is 0 Å². The number of aromatic nitrogens is 1. The molecule has 0 unspecified atom stereocenters. The fraction of sp³-hybridized carbons (Fsp3) is 0.342. The number of rotatable bonds is 12. The Bertz CT molecular complexity index is 1410. The molecule has 0 aliphatic carbocycles. The Labute approximate surface area is 266 Å². The molecule has 4 rings (SSSR count). The molecular formula is C38H49NOPSSi+. The van der Waals surface area contributed by atoms with Crippen molar-refractivity contribution in [1.29, 1.82) is 0 Å². The minimum atomic E-state index is -1.98. The van der Waals surface area contributed by atoms with Crippen LogP contribution in [0.3, 0.4) is 0 Å². The average Bonchev–Trinajstić information content (AvgIpc) is 3.40. The molecule has 1 aromatic heterocycles. The molecule has 1 heterocycles.